The van der Waals surface area contributed by atoms with E-state index in [0.29, 0.717) is 12.1 Å². The summed E-state index contributed by atoms with van der Waals surface area (Å²) in [7, 11) is 0. The van der Waals surface area contributed by atoms with Gasteiger partial charge < -0.3 is 16.0 Å². The standard InChI is InChI=1S/C9H13N3O2/c1-2-3-7(13)12-6-4-5-11-8(6)9(10)14/h4-5,11H,2-3H2,1H3,(H2,10,14)(H,12,13). The number of amides is 2. The number of hydrogen-bond acceptors (Lipinski definition) is 2. The summed E-state index contributed by atoms with van der Waals surface area (Å²) in [6.45, 7) is 1.91. The Kier molecular flexibility index (Phi) is 3.28. The van der Waals surface area contributed by atoms with Gasteiger partial charge in [0.25, 0.3) is 5.91 Å². The number of aromatic amines is 1. The van der Waals surface area contributed by atoms with Gasteiger partial charge in [0.2, 0.25) is 5.91 Å². The van der Waals surface area contributed by atoms with Gasteiger partial charge in [0.05, 0.1) is 5.69 Å². The van der Waals surface area contributed by atoms with E-state index in [-0.39, 0.29) is 11.6 Å². The van der Waals surface area contributed by atoms with E-state index >= 15 is 0 Å². The summed E-state index contributed by atoms with van der Waals surface area (Å²) in [4.78, 5) is 24.7. The van der Waals surface area contributed by atoms with Crippen molar-refractivity contribution in [3.05, 3.63) is 18.0 Å². The van der Waals surface area contributed by atoms with Crippen LogP contribution < -0.4 is 11.1 Å². The van der Waals surface area contributed by atoms with E-state index in [2.05, 4.69) is 10.3 Å². The van der Waals surface area contributed by atoms with Gasteiger partial charge >= 0.3 is 0 Å². The largest absolute Gasteiger partial charge is 0.364 e. The molecule has 0 aliphatic carbocycles. The van der Waals surface area contributed by atoms with E-state index in [1.54, 1.807) is 12.3 Å². The van der Waals surface area contributed by atoms with E-state index in [9.17, 15) is 9.59 Å². The Hall–Kier alpha value is -1.78. The lowest BCUT2D eigenvalue weighted by Gasteiger charge is -2.02. The van der Waals surface area contributed by atoms with Gasteiger partial charge in [-0.05, 0) is 12.5 Å². The molecule has 0 fully saturated rings. The maximum atomic E-state index is 11.2. The second-order valence-electron chi connectivity index (χ2n) is 2.93. The predicted octanol–water partition coefficient (Wildman–Crippen LogP) is 0.852. The quantitative estimate of drug-likeness (QED) is 0.665. The fourth-order valence-electron chi connectivity index (χ4n) is 1.12. The van der Waals surface area contributed by atoms with Crippen molar-refractivity contribution in [2.45, 2.75) is 19.8 Å². The van der Waals surface area contributed by atoms with Gasteiger partial charge in [-0.3, -0.25) is 9.59 Å². The van der Waals surface area contributed by atoms with Gasteiger partial charge in [-0.2, -0.15) is 0 Å². The number of nitrogens with two attached hydrogens (primary N) is 1. The van der Waals surface area contributed by atoms with E-state index < -0.39 is 5.91 Å². The van der Waals surface area contributed by atoms with E-state index in [1.165, 1.54) is 0 Å². The summed E-state index contributed by atoms with van der Waals surface area (Å²) >= 11 is 0. The molecule has 4 N–H and O–H groups in total. The normalized spacial score (nSPS) is 9.79. The number of primary amides is 1. The Bertz CT molecular complexity index is 344. The van der Waals surface area contributed by atoms with Crippen molar-refractivity contribution < 1.29 is 9.59 Å². The Labute approximate surface area is 81.7 Å². The Balaban J connectivity index is 2.71. The van der Waals surface area contributed by atoms with Gasteiger partial charge in [0.1, 0.15) is 5.69 Å². The molecule has 1 aromatic rings. The number of carbonyl (C=O) groups excluding carboxylic acids is 2. The van der Waals surface area contributed by atoms with Crippen molar-refractivity contribution in [2.75, 3.05) is 5.32 Å². The Morgan fingerprint density at radius 2 is 2.29 bits per heavy atom. The van der Waals surface area contributed by atoms with Gasteiger partial charge in [-0.25, -0.2) is 0 Å². The Morgan fingerprint density at radius 3 is 2.86 bits per heavy atom. The summed E-state index contributed by atoms with van der Waals surface area (Å²) in [6, 6.07) is 1.60. The summed E-state index contributed by atoms with van der Waals surface area (Å²) in [5.41, 5.74) is 5.76. The highest BCUT2D eigenvalue weighted by molar-refractivity contribution is 6.01. The lowest BCUT2D eigenvalue weighted by atomic mass is 10.3. The zero-order valence-corrected chi connectivity index (χ0v) is 7.96. The van der Waals surface area contributed by atoms with Crippen molar-refractivity contribution in [3.8, 4) is 0 Å². The van der Waals surface area contributed by atoms with Crippen LogP contribution in [0.2, 0.25) is 0 Å². The molecule has 5 heteroatoms. The number of rotatable bonds is 4. The van der Waals surface area contributed by atoms with Crippen molar-refractivity contribution in [1.29, 1.82) is 0 Å². The number of hydrogen-bond donors (Lipinski definition) is 3. The van der Waals surface area contributed by atoms with Crippen LogP contribution in [0.3, 0.4) is 0 Å². The zero-order chi connectivity index (χ0) is 10.6. The molecule has 0 spiro atoms. The number of carbonyl (C=O) groups is 2. The first-order valence-electron chi connectivity index (χ1n) is 4.42. The summed E-state index contributed by atoms with van der Waals surface area (Å²) in [5.74, 6) is -0.698. The SMILES string of the molecule is CCCC(=O)Nc1cc[nH]c1C(N)=O. The molecule has 0 saturated heterocycles. The minimum Gasteiger partial charge on any atom is -0.364 e. The number of aromatic nitrogens is 1. The van der Waals surface area contributed by atoms with Crippen LogP contribution in [0, 0.1) is 0 Å². The van der Waals surface area contributed by atoms with Gasteiger partial charge in [0, 0.05) is 12.6 Å². The highest BCUT2D eigenvalue weighted by Crippen LogP contribution is 2.12. The van der Waals surface area contributed by atoms with Gasteiger partial charge in [-0.15, -0.1) is 0 Å². The van der Waals surface area contributed by atoms with Gasteiger partial charge in [-0.1, -0.05) is 6.92 Å². The molecule has 76 valence electrons. The summed E-state index contributed by atoms with van der Waals surface area (Å²) in [6.07, 6.45) is 2.76. The first kappa shape index (κ1) is 10.3. The fourth-order valence-corrected chi connectivity index (χ4v) is 1.12. The topological polar surface area (TPSA) is 88.0 Å². The highest BCUT2D eigenvalue weighted by Gasteiger charge is 2.10. The van der Waals surface area contributed by atoms with E-state index in [4.69, 9.17) is 5.73 Å². The lowest BCUT2D eigenvalue weighted by molar-refractivity contribution is -0.116. The van der Waals surface area contributed by atoms with Crippen LogP contribution in [0.5, 0.6) is 0 Å². The molecule has 0 aromatic carbocycles. The molecule has 0 atom stereocenters. The molecular weight excluding hydrogens is 182 g/mol. The third kappa shape index (κ3) is 2.35. The van der Waals surface area contributed by atoms with Crippen LogP contribution in [0.15, 0.2) is 12.3 Å². The average Bonchev–Trinajstić information content (AvgIpc) is 2.52. The number of nitrogens with one attached hydrogen (secondary N) is 2. The molecule has 0 aliphatic heterocycles. The molecule has 1 heterocycles. The first-order chi connectivity index (χ1) is 6.65. The Morgan fingerprint density at radius 1 is 1.57 bits per heavy atom. The minimum absolute atomic E-state index is 0.116. The molecule has 1 rings (SSSR count). The molecule has 14 heavy (non-hydrogen) atoms. The molecule has 0 saturated carbocycles. The fraction of sp³-hybridized carbons (Fsp3) is 0.333. The molecule has 0 unspecified atom stereocenters. The molecule has 5 nitrogen and oxygen atoms in total. The van der Waals surface area contributed by atoms with Crippen LogP contribution in [0.4, 0.5) is 5.69 Å². The van der Waals surface area contributed by atoms with E-state index in [1.807, 2.05) is 6.92 Å². The number of H-pyrrole nitrogens is 1. The third-order valence-electron chi connectivity index (χ3n) is 1.74. The first-order valence-corrected chi connectivity index (χ1v) is 4.42. The maximum absolute atomic E-state index is 11.2. The van der Waals surface area contributed by atoms with Crippen LogP contribution in [0.25, 0.3) is 0 Å². The third-order valence-corrected chi connectivity index (χ3v) is 1.74. The molecule has 2 amide bonds. The molecular formula is C9H13N3O2. The van der Waals surface area contributed by atoms with Crippen LogP contribution >= 0.6 is 0 Å². The maximum Gasteiger partial charge on any atom is 0.267 e. The van der Waals surface area contributed by atoms with E-state index in [0.717, 1.165) is 6.42 Å². The van der Waals surface area contributed by atoms with Gasteiger partial charge in [0.15, 0.2) is 0 Å². The van der Waals surface area contributed by atoms with Crippen molar-refractivity contribution in [1.82, 2.24) is 4.98 Å². The molecule has 1 aromatic heterocycles. The highest BCUT2D eigenvalue weighted by atomic mass is 16.2. The molecule has 0 radical (unpaired) electrons. The lowest BCUT2D eigenvalue weighted by Crippen LogP contribution is -2.17. The second kappa shape index (κ2) is 4.45. The zero-order valence-electron chi connectivity index (χ0n) is 7.96. The second-order valence-corrected chi connectivity index (χ2v) is 2.93. The monoisotopic (exact) mass is 195 g/mol. The number of anilines is 1. The van der Waals surface area contributed by atoms with Crippen molar-refractivity contribution in [3.63, 3.8) is 0 Å². The molecule has 0 bridgehead atoms. The molecule has 0 aliphatic rings. The van der Waals surface area contributed by atoms with Crippen molar-refractivity contribution >= 4 is 17.5 Å². The summed E-state index contributed by atoms with van der Waals surface area (Å²) < 4.78 is 0. The predicted molar refractivity (Wildman–Crippen MR) is 52.8 cm³/mol. The van der Waals surface area contributed by atoms with Crippen molar-refractivity contribution in [2.24, 2.45) is 5.73 Å². The van der Waals surface area contributed by atoms with Crippen LogP contribution in [0.1, 0.15) is 30.3 Å². The smallest absolute Gasteiger partial charge is 0.267 e. The summed E-state index contributed by atoms with van der Waals surface area (Å²) in [5, 5.41) is 2.60. The van der Waals surface area contributed by atoms with Crippen LogP contribution in [-0.2, 0) is 4.79 Å². The minimum atomic E-state index is -0.582. The van der Waals surface area contributed by atoms with Crippen LogP contribution in [-0.4, -0.2) is 16.8 Å². The average molecular weight is 195 g/mol.